The molecule has 1 saturated carbocycles. The summed E-state index contributed by atoms with van der Waals surface area (Å²) in [6.07, 6.45) is 6.02. The average molecular weight is 275 g/mol. The van der Waals surface area contributed by atoms with Crippen molar-refractivity contribution in [3.05, 3.63) is 34.4 Å². The molecule has 0 radical (unpaired) electrons. The van der Waals surface area contributed by atoms with Gasteiger partial charge in [-0.3, -0.25) is 10.1 Å². The lowest BCUT2D eigenvalue weighted by Crippen LogP contribution is -2.38. The summed E-state index contributed by atoms with van der Waals surface area (Å²) in [5.41, 5.74) is 0.838. The summed E-state index contributed by atoms with van der Waals surface area (Å²) in [7, 11) is 0. The van der Waals surface area contributed by atoms with Crippen LogP contribution in [0.15, 0.2) is 24.3 Å². The molecule has 108 valence electrons. The van der Waals surface area contributed by atoms with Crippen molar-refractivity contribution in [1.29, 1.82) is 0 Å². The van der Waals surface area contributed by atoms with Crippen LogP contribution >= 0.6 is 0 Å². The Bertz CT molecular complexity index is 486. The maximum absolute atomic E-state index is 11.1. The molecule has 5 nitrogen and oxygen atoms in total. The number of nitro groups is 1. The number of benzene rings is 1. The third-order valence-electron chi connectivity index (χ3n) is 4.63. The van der Waals surface area contributed by atoms with Gasteiger partial charge < -0.3 is 10.6 Å². The molecule has 2 fully saturated rings. The third-order valence-corrected chi connectivity index (χ3v) is 4.63. The highest BCUT2D eigenvalue weighted by atomic mass is 16.6. The lowest BCUT2D eigenvalue weighted by Gasteiger charge is -2.27. The molecule has 1 saturated heterocycles. The van der Waals surface area contributed by atoms with Crippen LogP contribution in [0.3, 0.4) is 0 Å². The number of hydrogen-bond acceptors (Lipinski definition) is 4. The number of anilines is 1. The van der Waals surface area contributed by atoms with E-state index in [1.165, 1.54) is 25.7 Å². The Morgan fingerprint density at radius 1 is 1.20 bits per heavy atom. The Labute approximate surface area is 118 Å². The molecule has 1 aliphatic heterocycles. The quantitative estimate of drug-likeness (QED) is 0.655. The first kappa shape index (κ1) is 13.4. The first-order valence-electron chi connectivity index (χ1n) is 7.49. The molecule has 3 unspecified atom stereocenters. The highest BCUT2D eigenvalue weighted by Crippen LogP contribution is 2.35. The van der Waals surface area contributed by atoms with E-state index in [0.717, 1.165) is 13.0 Å². The molecule has 20 heavy (non-hydrogen) atoms. The smallest absolute Gasteiger partial charge is 0.292 e. The van der Waals surface area contributed by atoms with Gasteiger partial charge in [0.15, 0.2) is 0 Å². The molecule has 3 atom stereocenters. The lowest BCUT2D eigenvalue weighted by molar-refractivity contribution is -0.384. The van der Waals surface area contributed by atoms with Crippen molar-refractivity contribution in [3.8, 4) is 0 Å². The number of nitrogens with zero attached hydrogens (tertiary/aromatic N) is 1. The Hall–Kier alpha value is -1.62. The van der Waals surface area contributed by atoms with Gasteiger partial charge in [0.05, 0.1) is 4.92 Å². The molecule has 0 aromatic heterocycles. The fraction of sp³-hybridized carbons (Fsp3) is 0.600. The van der Waals surface area contributed by atoms with Crippen LogP contribution in [-0.4, -0.2) is 23.6 Å². The van der Waals surface area contributed by atoms with Crippen LogP contribution in [-0.2, 0) is 0 Å². The molecule has 2 aliphatic rings. The van der Waals surface area contributed by atoms with Gasteiger partial charge in [-0.15, -0.1) is 0 Å². The molecule has 5 heteroatoms. The fourth-order valence-electron chi connectivity index (χ4n) is 3.68. The van der Waals surface area contributed by atoms with E-state index in [1.807, 2.05) is 12.1 Å². The van der Waals surface area contributed by atoms with E-state index < -0.39 is 0 Å². The van der Waals surface area contributed by atoms with Crippen LogP contribution < -0.4 is 10.6 Å². The van der Waals surface area contributed by atoms with Gasteiger partial charge in [-0.2, -0.15) is 0 Å². The van der Waals surface area contributed by atoms with Gasteiger partial charge >= 0.3 is 0 Å². The van der Waals surface area contributed by atoms with Crippen molar-refractivity contribution in [2.75, 3.05) is 11.9 Å². The predicted octanol–water partition coefficient (Wildman–Crippen LogP) is 2.93. The van der Waals surface area contributed by atoms with Gasteiger partial charge in [0, 0.05) is 18.2 Å². The number of para-hydroxylation sites is 2. The van der Waals surface area contributed by atoms with Crippen LogP contribution in [0.25, 0.3) is 0 Å². The molecule has 1 aromatic rings. The second-order valence-corrected chi connectivity index (χ2v) is 5.82. The molecule has 1 heterocycles. The predicted molar refractivity (Wildman–Crippen MR) is 78.9 cm³/mol. The lowest BCUT2D eigenvalue weighted by atomic mass is 9.93. The summed E-state index contributed by atoms with van der Waals surface area (Å²) in [5, 5.41) is 18.1. The number of rotatable bonds is 4. The molecule has 1 aromatic carbocycles. The van der Waals surface area contributed by atoms with Crippen molar-refractivity contribution in [3.63, 3.8) is 0 Å². The standard InChI is InChI=1S/C15H21N3O2/c19-18(20)15-9-2-1-6-14(15)17-13-7-3-5-11(13)12-8-4-10-16-12/h1-2,6,9,11-13,16-17H,3-5,7-8,10H2. The molecular formula is C15H21N3O2. The Balaban J connectivity index is 1.75. The molecule has 3 rings (SSSR count). The second kappa shape index (κ2) is 5.79. The maximum Gasteiger partial charge on any atom is 0.292 e. The van der Waals surface area contributed by atoms with Crippen molar-refractivity contribution in [1.82, 2.24) is 5.32 Å². The van der Waals surface area contributed by atoms with Gasteiger partial charge in [0.25, 0.3) is 5.69 Å². The number of hydrogen-bond donors (Lipinski definition) is 2. The number of nitrogens with one attached hydrogen (secondary N) is 2. The van der Waals surface area contributed by atoms with E-state index in [-0.39, 0.29) is 10.6 Å². The zero-order chi connectivity index (χ0) is 13.9. The van der Waals surface area contributed by atoms with E-state index in [9.17, 15) is 10.1 Å². The molecular weight excluding hydrogens is 254 g/mol. The van der Waals surface area contributed by atoms with Crippen LogP contribution in [0.5, 0.6) is 0 Å². The number of nitro benzene ring substituents is 1. The molecule has 0 amide bonds. The minimum absolute atomic E-state index is 0.178. The third kappa shape index (κ3) is 2.63. The molecule has 1 aliphatic carbocycles. The SMILES string of the molecule is O=[N+]([O-])c1ccccc1NC1CCCC1C1CCCN1. The van der Waals surface area contributed by atoms with Gasteiger partial charge in [-0.25, -0.2) is 0 Å². The average Bonchev–Trinajstić information content (AvgIpc) is 3.09. The summed E-state index contributed by atoms with van der Waals surface area (Å²) >= 11 is 0. The molecule has 2 N–H and O–H groups in total. The summed E-state index contributed by atoms with van der Waals surface area (Å²) in [6, 6.07) is 7.89. The van der Waals surface area contributed by atoms with Crippen molar-refractivity contribution < 1.29 is 4.92 Å². The Kier molecular flexibility index (Phi) is 3.87. The normalized spacial score (nSPS) is 29.5. The van der Waals surface area contributed by atoms with E-state index >= 15 is 0 Å². The topological polar surface area (TPSA) is 67.2 Å². The monoisotopic (exact) mass is 275 g/mol. The van der Waals surface area contributed by atoms with E-state index in [4.69, 9.17) is 0 Å². The van der Waals surface area contributed by atoms with Crippen LogP contribution in [0.2, 0.25) is 0 Å². The van der Waals surface area contributed by atoms with E-state index in [0.29, 0.717) is 23.7 Å². The first-order chi connectivity index (χ1) is 9.75. The highest BCUT2D eigenvalue weighted by molar-refractivity contribution is 5.61. The summed E-state index contributed by atoms with van der Waals surface area (Å²) in [4.78, 5) is 10.8. The van der Waals surface area contributed by atoms with Gasteiger partial charge in [0.2, 0.25) is 0 Å². The Morgan fingerprint density at radius 2 is 2.05 bits per heavy atom. The first-order valence-corrected chi connectivity index (χ1v) is 7.49. The van der Waals surface area contributed by atoms with E-state index in [2.05, 4.69) is 10.6 Å². The van der Waals surface area contributed by atoms with Gasteiger partial charge in [-0.1, -0.05) is 18.6 Å². The highest BCUT2D eigenvalue weighted by Gasteiger charge is 2.35. The largest absolute Gasteiger partial charge is 0.376 e. The fourth-order valence-corrected chi connectivity index (χ4v) is 3.68. The van der Waals surface area contributed by atoms with Gasteiger partial charge in [0.1, 0.15) is 5.69 Å². The van der Waals surface area contributed by atoms with Gasteiger partial charge in [-0.05, 0) is 44.2 Å². The Morgan fingerprint density at radius 3 is 2.80 bits per heavy atom. The second-order valence-electron chi connectivity index (χ2n) is 5.82. The minimum Gasteiger partial charge on any atom is -0.376 e. The zero-order valence-electron chi connectivity index (χ0n) is 11.5. The van der Waals surface area contributed by atoms with Crippen LogP contribution in [0.4, 0.5) is 11.4 Å². The summed E-state index contributed by atoms with van der Waals surface area (Å²) in [5.74, 6) is 0.595. The van der Waals surface area contributed by atoms with E-state index in [1.54, 1.807) is 12.1 Å². The molecule has 0 spiro atoms. The minimum atomic E-state index is -0.305. The summed E-state index contributed by atoms with van der Waals surface area (Å²) < 4.78 is 0. The summed E-state index contributed by atoms with van der Waals surface area (Å²) in [6.45, 7) is 1.11. The van der Waals surface area contributed by atoms with Crippen LogP contribution in [0, 0.1) is 16.0 Å². The van der Waals surface area contributed by atoms with Crippen LogP contribution in [0.1, 0.15) is 32.1 Å². The van der Waals surface area contributed by atoms with Crippen molar-refractivity contribution in [2.45, 2.75) is 44.2 Å². The van der Waals surface area contributed by atoms with Crippen molar-refractivity contribution >= 4 is 11.4 Å². The zero-order valence-corrected chi connectivity index (χ0v) is 11.5. The molecule has 0 bridgehead atoms. The van der Waals surface area contributed by atoms with Crippen molar-refractivity contribution in [2.24, 2.45) is 5.92 Å². The maximum atomic E-state index is 11.1.